The summed E-state index contributed by atoms with van der Waals surface area (Å²) in [7, 11) is -2.42. The molecule has 3 N–H and O–H groups in total. The molecule has 1 aromatic carbocycles. The van der Waals surface area contributed by atoms with Crippen molar-refractivity contribution in [2.45, 2.75) is 30.8 Å². The van der Waals surface area contributed by atoms with Crippen LogP contribution in [0.1, 0.15) is 19.4 Å². The number of nitrogens with one attached hydrogen (secondary N) is 1. The van der Waals surface area contributed by atoms with Gasteiger partial charge in [0.2, 0.25) is 15.9 Å². The van der Waals surface area contributed by atoms with Crippen molar-refractivity contribution in [3.63, 3.8) is 0 Å². The molecular weight excluding hydrogens is 370 g/mol. The summed E-state index contributed by atoms with van der Waals surface area (Å²) in [6.07, 6.45) is 3.30. The molecule has 0 aliphatic rings. The predicted molar refractivity (Wildman–Crippen MR) is 101 cm³/mol. The number of methoxy groups -OCH3 is 1. The molecule has 0 fully saturated rings. The van der Waals surface area contributed by atoms with Crippen molar-refractivity contribution in [1.29, 1.82) is 0 Å². The van der Waals surface area contributed by atoms with Crippen molar-refractivity contribution in [2.24, 2.45) is 5.14 Å². The molecule has 0 saturated heterocycles. The van der Waals surface area contributed by atoms with E-state index in [1.165, 1.54) is 18.2 Å². The first-order valence-electron chi connectivity index (χ1n) is 8.14. The van der Waals surface area contributed by atoms with Crippen molar-refractivity contribution in [3.8, 4) is 5.75 Å². The third-order valence-electron chi connectivity index (χ3n) is 3.72. The lowest BCUT2D eigenvalue weighted by molar-refractivity contribution is -0.115. The monoisotopic (exact) mass is 393 g/mol. The van der Waals surface area contributed by atoms with Crippen LogP contribution in [-0.2, 0) is 26.0 Å². The lowest BCUT2D eigenvalue weighted by Crippen LogP contribution is -2.30. The summed E-state index contributed by atoms with van der Waals surface area (Å²) in [6.45, 7) is 3.83. The van der Waals surface area contributed by atoms with E-state index in [0.29, 0.717) is 0 Å². The van der Waals surface area contributed by atoms with Crippen LogP contribution in [0.4, 0.5) is 5.69 Å². The molecule has 8 nitrogen and oxygen atoms in total. The first kappa shape index (κ1) is 20.8. The number of aromatic nitrogens is 1. The maximum atomic E-state index is 12.2. The minimum absolute atomic E-state index is 0.0976. The highest BCUT2D eigenvalue weighted by molar-refractivity contribution is 7.89. The fourth-order valence-corrected chi connectivity index (χ4v) is 2.67. The highest BCUT2D eigenvalue weighted by Crippen LogP contribution is 2.25. The molecule has 0 aliphatic heterocycles. The summed E-state index contributed by atoms with van der Waals surface area (Å²) < 4.78 is 34.4. The topological polar surface area (TPSA) is 121 Å². The van der Waals surface area contributed by atoms with Crippen molar-refractivity contribution in [2.75, 3.05) is 19.0 Å². The van der Waals surface area contributed by atoms with E-state index < -0.39 is 15.6 Å². The summed E-state index contributed by atoms with van der Waals surface area (Å²) in [6, 6.07) is 7.62. The van der Waals surface area contributed by atoms with E-state index in [9.17, 15) is 13.2 Å². The number of ether oxygens (including phenoxy) is 2. The maximum absolute atomic E-state index is 12.2. The number of amides is 1. The fourth-order valence-electron chi connectivity index (χ4n) is 2.10. The van der Waals surface area contributed by atoms with E-state index >= 15 is 0 Å². The molecule has 1 amide bonds. The molecule has 1 aromatic heterocycles. The van der Waals surface area contributed by atoms with Gasteiger partial charge in [-0.25, -0.2) is 13.6 Å². The number of hydrogen-bond donors (Lipinski definition) is 2. The zero-order valence-electron chi connectivity index (χ0n) is 15.4. The Bertz CT molecular complexity index is 898. The molecular formula is C18H23N3O5S. The number of pyridine rings is 1. The number of benzene rings is 1. The van der Waals surface area contributed by atoms with E-state index in [0.717, 1.165) is 5.56 Å². The number of hydrogen-bond acceptors (Lipinski definition) is 6. The Hall–Kier alpha value is -2.49. The summed E-state index contributed by atoms with van der Waals surface area (Å²) in [5.41, 5.74) is 0.429. The molecule has 0 bridgehead atoms. The molecule has 27 heavy (non-hydrogen) atoms. The van der Waals surface area contributed by atoms with Crippen LogP contribution >= 0.6 is 0 Å². The Morgan fingerprint density at radius 1 is 1.30 bits per heavy atom. The highest BCUT2D eigenvalue weighted by atomic mass is 32.2. The molecule has 0 aliphatic carbocycles. The average molecular weight is 393 g/mol. The molecule has 0 atom stereocenters. The van der Waals surface area contributed by atoms with Gasteiger partial charge < -0.3 is 14.8 Å². The van der Waals surface area contributed by atoms with Crippen LogP contribution in [0.25, 0.3) is 0 Å². The number of anilines is 1. The molecule has 1 heterocycles. The van der Waals surface area contributed by atoms with Crippen molar-refractivity contribution < 1.29 is 22.7 Å². The predicted octanol–water partition coefficient (Wildman–Crippen LogP) is 1.71. The lowest BCUT2D eigenvalue weighted by Gasteiger charge is -2.23. The largest absolute Gasteiger partial charge is 0.490 e. The third-order valence-corrected chi connectivity index (χ3v) is 4.61. The molecule has 0 radical (unpaired) electrons. The van der Waals surface area contributed by atoms with Crippen LogP contribution in [0.15, 0.2) is 47.6 Å². The number of nitrogens with two attached hydrogens (primary N) is 1. The molecule has 146 valence electrons. The Balaban J connectivity index is 2.21. The standard InChI is InChI=1S/C18H23N3O5S/c1-18(2,25-3)12-26-15-8-14(9-16(10-15)27(19,23)24)21-17(22)7-13-5-4-6-20-11-13/h4-6,8-11H,7,12H2,1-3H3,(H,21,22)(H2,19,23,24). The van der Waals surface area contributed by atoms with E-state index in [-0.39, 0.29) is 35.3 Å². The Kier molecular flexibility index (Phi) is 6.53. The van der Waals surface area contributed by atoms with Crippen LogP contribution < -0.4 is 15.2 Å². The van der Waals surface area contributed by atoms with Gasteiger partial charge in [0, 0.05) is 37.3 Å². The first-order valence-corrected chi connectivity index (χ1v) is 9.68. The van der Waals surface area contributed by atoms with Gasteiger partial charge >= 0.3 is 0 Å². The first-order chi connectivity index (χ1) is 12.6. The zero-order chi connectivity index (χ0) is 20.1. The molecule has 0 saturated carbocycles. The number of carbonyl (C=O) groups is 1. The smallest absolute Gasteiger partial charge is 0.238 e. The van der Waals surface area contributed by atoms with Gasteiger partial charge in [0.1, 0.15) is 12.4 Å². The van der Waals surface area contributed by atoms with Crippen LogP contribution in [-0.4, -0.2) is 38.6 Å². The van der Waals surface area contributed by atoms with Gasteiger partial charge in [0.25, 0.3) is 0 Å². The Morgan fingerprint density at radius 2 is 2.04 bits per heavy atom. The normalized spacial score (nSPS) is 11.9. The minimum atomic E-state index is -3.97. The molecule has 9 heteroatoms. The quantitative estimate of drug-likeness (QED) is 0.704. The maximum Gasteiger partial charge on any atom is 0.238 e. The second-order valence-electron chi connectivity index (χ2n) is 6.58. The summed E-state index contributed by atoms with van der Waals surface area (Å²) in [4.78, 5) is 16.0. The number of nitrogens with zero attached hydrogens (tertiary/aromatic N) is 1. The van der Waals surface area contributed by atoms with E-state index in [1.807, 2.05) is 13.8 Å². The summed E-state index contributed by atoms with van der Waals surface area (Å²) in [5, 5.41) is 7.88. The number of carbonyl (C=O) groups excluding carboxylic acids is 1. The van der Waals surface area contributed by atoms with E-state index in [1.54, 1.807) is 31.6 Å². The SMILES string of the molecule is COC(C)(C)COc1cc(NC(=O)Cc2cccnc2)cc(S(N)(=O)=O)c1. The number of primary sulfonamides is 1. The van der Waals surface area contributed by atoms with Gasteiger partial charge in [0.05, 0.1) is 16.9 Å². The highest BCUT2D eigenvalue weighted by Gasteiger charge is 2.19. The van der Waals surface area contributed by atoms with Crippen LogP contribution in [0, 0.1) is 0 Å². The number of sulfonamides is 1. The van der Waals surface area contributed by atoms with Crippen molar-refractivity contribution in [1.82, 2.24) is 4.98 Å². The lowest BCUT2D eigenvalue weighted by atomic mass is 10.1. The fraction of sp³-hybridized carbons (Fsp3) is 0.333. The zero-order valence-corrected chi connectivity index (χ0v) is 16.2. The van der Waals surface area contributed by atoms with Crippen LogP contribution in [0.5, 0.6) is 5.75 Å². The summed E-state index contributed by atoms with van der Waals surface area (Å²) >= 11 is 0. The van der Waals surface area contributed by atoms with Crippen molar-refractivity contribution in [3.05, 3.63) is 48.3 Å². The Morgan fingerprint density at radius 3 is 2.63 bits per heavy atom. The second-order valence-corrected chi connectivity index (χ2v) is 8.14. The Labute approximate surface area is 158 Å². The van der Waals surface area contributed by atoms with Gasteiger partial charge in [-0.05, 0) is 31.5 Å². The van der Waals surface area contributed by atoms with Gasteiger partial charge in [-0.15, -0.1) is 0 Å². The van der Waals surface area contributed by atoms with Gasteiger partial charge in [0.15, 0.2) is 0 Å². The van der Waals surface area contributed by atoms with E-state index in [4.69, 9.17) is 14.6 Å². The molecule has 0 spiro atoms. The van der Waals surface area contributed by atoms with Gasteiger partial charge in [-0.2, -0.15) is 0 Å². The van der Waals surface area contributed by atoms with Crippen LogP contribution in [0.2, 0.25) is 0 Å². The average Bonchev–Trinajstić information content (AvgIpc) is 2.60. The molecule has 0 unspecified atom stereocenters. The van der Waals surface area contributed by atoms with Crippen molar-refractivity contribution >= 4 is 21.6 Å². The van der Waals surface area contributed by atoms with E-state index in [2.05, 4.69) is 10.3 Å². The third kappa shape index (κ3) is 6.63. The summed E-state index contributed by atoms with van der Waals surface area (Å²) in [5.74, 6) is -0.0685. The molecule has 2 rings (SSSR count). The molecule has 2 aromatic rings. The second kappa shape index (κ2) is 8.47. The number of rotatable bonds is 8. The minimum Gasteiger partial charge on any atom is -0.490 e. The van der Waals surface area contributed by atoms with Gasteiger partial charge in [-0.3, -0.25) is 9.78 Å². The van der Waals surface area contributed by atoms with Crippen LogP contribution in [0.3, 0.4) is 0 Å². The van der Waals surface area contributed by atoms with Gasteiger partial charge in [-0.1, -0.05) is 6.07 Å².